The molecule has 40 heavy (non-hydrogen) atoms. The van der Waals surface area contributed by atoms with E-state index in [0.29, 0.717) is 19.4 Å². The van der Waals surface area contributed by atoms with Crippen molar-refractivity contribution in [1.82, 2.24) is 10.4 Å². The summed E-state index contributed by atoms with van der Waals surface area (Å²) in [5, 5.41) is 10.0. The number of sulfone groups is 1. The lowest BCUT2D eigenvalue weighted by Crippen LogP contribution is -2.55. The Morgan fingerprint density at radius 2 is 1.77 bits per heavy atom. The minimum Gasteiger partial charge on any atom is -0.442 e. The maximum Gasteiger partial charge on any atom is 0.428 e. The molecule has 0 aromatic heterocycles. The van der Waals surface area contributed by atoms with Crippen LogP contribution in [-0.4, -0.2) is 74.5 Å². The standard InChI is InChI=1S/C28H46BrFN2O7S/c1-8-9-17-38-19-28(21-12-10-13-22(29)23(21)30,24(34)31-32(7)25(35)39-26(2,3)4)15-11-14-27(5,6)20-40(36,37)18-16-33/h10,12-13,33H,8-9,11,14-20H2,1-7H3,(H,31,34). The van der Waals surface area contributed by atoms with E-state index >= 15 is 4.39 Å². The normalized spacial score (nSPS) is 13.9. The number of amides is 2. The van der Waals surface area contributed by atoms with E-state index in [1.807, 2.05) is 6.92 Å². The molecule has 1 atom stereocenters. The number of hydrogen-bond acceptors (Lipinski definition) is 7. The number of hydrogen-bond donors (Lipinski definition) is 2. The highest BCUT2D eigenvalue weighted by molar-refractivity contribution is 9.10. The number of aliphatic hydroxyl groups excluding tert-OH is 1. The number of benzene rings is 1. The topological polar surface area (TPSA) is 122 Å². The molecule has 0 heterocycles. The molecule has 0 radical (unpaired) electrons. The van der Waals surface area contributed by atoms with Gasteiger partial charge in [-0.15, -0.1) is 0 Å². The van der Waals surface area contributed by atoms with E-state index in [-0.39, 0.29) is 34.6 Å². The summed E-state index contributed by atoms with van der Waals surface area (Å²) in [6.45, 7) is 10.5. The molecule has 1 aromatic rings. The molecular formula is C28H46BrFN2O7S. The summed E-state index contributed by atoms with van der Waals surface area (Å²) in [7, 11) is -2.13. The molecule has 12 heteroatoms. The minimum atomic E-state index is -3.48. The molecule has 0 aliphatic heterocycles. The fourth-order valence-corrected chi connectivity index (χ4v) is 6.46. The summed E-state index contributed by atoms with van der Waals surface area (Å²) in [6, 6.07) is 4.67. The predicted octanol–water partition coefficient (Wildman–Crippen LogP) is 5.14. The minimum absolute atomic E-state index is 0.0965. The van der Waals surface area contributed by atoms with E-state index in [4.69, 9.17) is 14.6 Å². The first-order chi connectivity index (χ1) is 18.4. The SMILES string of the molecule is CCCCOCC(CCCC(C)(C)CS(=O)(=O)CCO)(C(=O)NN(C)C(=O)OC(C)(C)C)c1cccc(Br)c1F. The van der Waals surface area contributed by atoms with E-state index in [1.165, 1.54) is 19.2 Å². The van der Waals surface area contributed by atoms with Gasteiger partial charge in [0.05, 0.1) is 29.2 Å². The Morgan fingerprint density at radius 1 is 1.12 bits per heavy atom. The molecule has 2 N–H and O–H groups in total. The number of hydrazine groups is 1. The van der Waals surface area contributed by atoms with Crippen LogP contribution in [0, 0.1) is 11.2 Å². The van der Waals surface area contributed by atoms with Gasteiger partial charge in [0.15, 0.2) is 9.84 Å². The molecule has 1 unspecified atom stereocenters. The van der Waals surface area contributed by atoms with Crippen molar-refractivity contribution < 1.29 is 37.0 Å². The molecule has 1 aromatic carbocycles. The molecule has 0 saturated heterocycles. The van der Waals surface area contributed by atoms with Crippen LogP contribution in [0.2, 0.25) is 0 Å². The van der Waals surface area contributed by atoms with E-state index in [9.17, 15) is 18.0 Å². The number of aliphatic hydroxyl groups is 1. The van der Waals surface area contributed by atoms with Crippen LogP contribution in [0.5, 0.6) is 0 Å². The number of carbonyl (C=O) groups is 2. The Hall–Kier alpha value is -1.76. The number of rotatable bonds is 15. The van der Waals surface area contributed by atoms with E-state index in [1.54, 1.807) is 40.7 Å². The molecule has 9 nitrogen and oxygen atoms in total. The third kappa shape index (κ3) is 11.6. The lowest BCUT2D eigenvalue weighted by atomic mass is 9.74. The average molecular weight is 654 g/mol. The molecule has 0 aliphatic carbocycles. The molecule has 230 valence electrons. The highest BCUT2D eigenvalue weighted by Gasteiger charge is 2.44. The summed E-state index contributed by atoms with van der Waals surface area (Å²) < 4.78 is 51.8. The number of unbranched alkanes of at least 4 members (excludes halogenated alkanes) is 1. The zero-order valence-corrected chi connectivity index (χ0v) is 27.2. The first-order valence-corrected chi connectivity index (χ1v) is 16.1. The second kappa shape index (κ2) is 15.5. The van der Waals surface area contributed by atoms with Crippen molar-refractivity contribution in [2.24, 2.45) is 5.41 Å². The summed E-state index contributed by atoms with van der Waals surface area (Å²) in [5.74, 6) is -1.74. The Kier molecular flexibility index (Phi) is 14.0. The van der Waals surface area contributed by atoms with Crippen molar-refractivity contribution >= 4 is 37.8 Å². The van der Waals surface area contributed by atoms with Gasteiger partial charge in [0.1, 0.15) is 16.8 Å². The largest absolute Gasteiger partial charge is 0.442 e. The smallest absolute Gasteiger partial charge is 0.428 e. The van der Waals surface area contributed by atoms with Gasteiger partial charge in [0, 0.05) is 19.2 Å². The van der Waals surface area contributed by atoms with E-state index in [2.05, 4.69) is 21.4 Å². The zero-order valence-electron chi connectivity index (χ0n) is 24.8. The molecule has 2 amide bonds. The van der Waals surface area contributed by atoms with Gasteiger partial charge < -0.3 is 14.6 Å². The highest BCUT2D eigenvalue weighted by Crippen LogP contribution is 2.37. The summed E-state index contributed by atoms with van der Waals surface area (Å²) in [5.41, 5.74) is -0.342. The Morgan fingerprint density at radius 3 is 2.35 bits per heavy atom. The van der Waals surface area contributed by atoms with Gasteiger partial charge >= 0.3 is 6.09 Å². The Bertz CT molecular complexity index is 1090. The van der Waals surface area contributed by atoms with Crippen LogP contribution in [-0.2, 0) is 29.5 Å². The van der Waals surface area contributed by atoms with Gasteiger partial charge in [-0.1, -0.05) is 45.7 Å². The Labute approximate surface area is 247 Å². The zero-order chi connectivity index (χ0) is 30.8. The first kappa shape index (κ1) is 36.3. The van der Waals surface area contributed by atoms with Crippen LogP contribution < -0.4 is 5.43 Å². The van der Waals surface area contributed by atoms with Gasteiger partial charge in [-0.2, -0.15) is 0 Å². The van der Waals surface area contributed by atoms with Crippen molar-refractivity contribution in [3.63, 3.8) is 0 Å². The molecular weight excluding hydrogens is 607 g/mol. The summed E-state index contributed by atoms with van der Waals surface area (Å²) in [6.07, 6.45) is 1.69. The molecule has 0 spiro atoms. The van der Waals surface area contributed by atoms with Crippen LogP contribution in [0.4, 0.5) is 9.18 Å². The molecule has 1 rings (SSSR count). The fourth-order valence-electron chi connectivity index (χ4n) is 4.34. The van der Waals surface area contributed by atoms with Gasteiger partial charge in [-0.25, -0.2) is 22.6 Å². The number of nitrogens with zero attached hydrogens (tertiary/aromatic N) is 1. The van der Waals surface area contributed by atoms with E-state index < -0.39 is 50.7 Å². The maximum atomic E-state index is 15.6. The number of nitrogens with one attached hydrogen (secondary N) is 1. The third-order valence-corrected chi connectivity index (χ3v) is 8.94. The van der Waals surface area contributed by atoms with Crippen LogP contribution in [0.25, 0.3) is 0 Å². The molecule has 0 saturated carbocycles. The van der Waals surface area contributed by atoms with Crippen molar-refractivity contribution in [1.29, 1.82) is 0 Å². The lowest BCUT2D eigenvalue weighted by molar-refractivity contribution is -0.134. The lowest BCUT2D eigenvalue weighted by Gasteiger charge is -2.36. The van der Waals surface area contributed by atoms with Crippen molar-refractivity contribution in [3.05, 3.63) is 34.1 Å². The number of ether oxygens (including phenoxy) is 2. The Balaban J connectivity index is 3.44. The average Bonchev–Trinajstić information content (AvgIpc) is 2.80. The predicted molar refractivity (Wildman–Crippen MR) is 157 cm³/mol. The van der Waals surface area contributed by atoms with Crippen LogP contribution in [0.15, 0.2) is 22.7 Å². The van der Waals surface area contributed by atoms with Crippen LogP contribution in [0.3, 0.4) is 0 Å². The quantitative estimate of drug-likeness (QED) is 0.199. The summed E-state index contributed by atoms with van der Waals surface area (Å²) in [4.78, 5) is 26.6. The third-order valence-electron chi connectivity index (χ3n) is 6.30. The molecule has 0 fully saturated rings. The van der Waals surface area contributed by atoms with Gasteiger partial charge in [-0.05, 0) is 67.4 Å². The van der Waals surface area contributed by atoms with Crippen LogP contribution in [0.1, 0.15) is 79.2 Å². The van der Waals surface area contributed by atoms with E-state index in [0.717, 1.165) is 17.9 Å². The number of halogens is 2. The first-order valence-electron chi connectivity index (χ1n) is 13.5. The second-order valence-electron chi connectivity index (χ2n) is 11.9. The van der Waals surface area contributed by atoms with Crippen molar-refractivity contribution in [3.8, 4) is 0 Å². The summed E-state index contributed by atoms with van der Waals surface area (Å²) >= 11 is 3.22. The molecule has 0 aliphatic rings. The van der Waals surface area contributed by atoms with Gasteiger partial charge in [0.2, 0.25) is 0 Å². The van der Waals surface area contributed by atoms with Crippen LogP contribution >= 0.6 is 15.9 Å². The highest BCUT2D eigenvalue weighted by atomic mass is 79.9. The molecule has 0 bridgehead atoms. The van der Waals surface area contributed by atoms with Crippen molar-refractivity contribution in [2.75, 3.05) is 38.4 Å². The fraction of sp³-hybridized carbons (Fsp3) is 0.714. The van der Waals surface area contributed by atoms with Gasteiger partial charge in [0.25, 0.3) is 5.91 Å². The van der Waals surface area contributed by atoms with Gasteiger partial charge in [-0.3, -0.25) is 10.2 Å². The maximum absolute atomic E-state index is 15.6. The second-order valence-corrected chi connectivity index (χ2v) is 14.9. The number of carbonyl (C=O) groups excluding carboxylic acids is 2. The monoisotopic (exact) mass is 652 g/mol. The van der Waals surface area contributed by atoms with Crippen molar-refractivity contribution in [2.45, 2.75) is 84.7 Å².